The summed E-state index contributed by atoms with van der Waals surface area (Å²) in [6.07, 6.45) is 1.05. The molecule has 7 heteroatoms. The molecule has 2 aromatic rings. The van der Waals surface area contributed by atoms with Gasteiger partial charge in [-0.15, -0.1) is 0 Å². The van der Waals surface area contributed by atoms with Crippen molar-refractivity contribution in [3.05, 3.63) is 54.1 Å². The zero-order valence-electron chi connectivity index (χ0n) is 18.2. The standard InChI is InChI=1S/C24H29N3O4/c1-4-13-31-19-11-9-18(10-12-19)27-15-17(14-22(27)28)23(29)26-21-8-6-5-7-20(21)24(30)25-16(2)3/h5-12,16-17H,4,13-15H2,1-3H3,(H,25,30)(H,26,29)/t17-/m0/s1. The van der Waals surface area contributed by atoms with Crippen molar-refractivity contribution in [3.63, 3.8) is 0 Å². The summed E-state index contributed by atoms with van der Waals surface area (Å²) in [5.41, 5.74) is 1.57. The van der Waals surface area contributed by atoms with E-state index in [4.69, 9.17) is 4.74 Å². The minimum atomic E-state index is -0.496. The van der Waals surface area contributed by atoms with Crippen LogP contribution in [0.2, 0.25) is 0 Å². The van der Waals surface area contributed by atoms with Crippen LogP contribution in [0.1, 0.15) is 44.0 Å². The molecule has 1 heterocycles. The van der Waals surface area contributed by atoms with E-state index in [2.05, 4.69) is 10.6 Å². The third-order valence-corrected chi connectivity index (χ3v) is 4.97. The topological polar surface area (TPSA) is 87.7 Å². The number of para-hydroxylation sites is 1. The summed E-state index contributed by atoms with van der Waals surface area (Å²) in [7, 11) is 0. The normalized spacial score (nSPS) is 15.8. The first-order valence-corrected chi connectivity index (χ1v) is 10.6. The van der Waals surface area contributed by atoms with Crippen LogP contribution in [0.15, 0.2) is 48.5 Å². The molecule has 7 nitrogen and oxygen atoms in total. The molecular weight excluding hydrogens is 394 g/mol. The number of hydrogen-bond acceptors (Lipinski definition) is 4. The summed E-state index contributed by atoms with van der Waals surface area (Å²) in [6.45, 7) is 6.72. The highest BCUT2D eigenvalue weighted by atomic mass is 16.5. The SMILES string of the molecule is CCCOc1ccc(N2C[C@@H](C(=O)Nc3ccccc3C(=O)NC(C)C)CC2=O)cc1. The molecule has 2 N–H and O–H groups in total. The molecule has 0 unspecified atom stereocenters. The molecule has 0 saturated carbocycles. The Morgan fingerprint density at radius 3 is 2.52 bits per heavy atom. The Hall–Kier alpha value is -3.35. The van der Waals surface area contributed by atoms with Gasteiger partial charge in [-0.2, -0.15) is 0 Å². The molecule has 0 spiro atoms. The molecule has 2 aromatic carbocycles. The molecule has 1 aliphatic heterocycles. The van der Waals surface area contributed by atoms with Gasteiger partial charge in [0, 0.05) is 24.7 Å². The van der Waals surface area contributed by atoms with Crippen molar-refractivity contribution in [2.45, 2.75) is 39.7 Å². The van der Waals surface area contributed by atoms with Crippen LogP contribution in [0.25, 0.3) is 0 Å². The number of carbonyl (C=O) groups excluding carboxylic acids is 3. The highest BCUT2D eigenvalue weighted by molar-refractivity contribution is 6.07. The quantitative estimate of drug-likeness (QED) is 0.679. The smallest absolute Gasteiger partial charge is 0.253 e. The van der Waals surface area contributed by atoms with Crippen LogP contribution in [0.5, 0.6) is 5.75 Å². The van der Waals surface area contributed by atoms with E-state index < -0.39 is 5.92 Å². The minimum Gasteiger partial charge on any atom is -0.494 e. The van der Waals surface area contributed by atoms with Crippen LogP contribution >= 0.6 is 0 Å². The van der Waals surface area contributed by atoms with Gasteiger partial charge in [-0.05, 0) is 56.7 Å². The highest BCUT2D eigenvalue weighted by Crippen LogP contribution is 2.28. The van der Waals surface area contributed by atoms with E-state index in [1.165, 1.54) is 0 Å². The molecule has 1 aliphatic rings. The van der Waals surface area contributed by atoms with Crippen LogP contribution < -0.4 is 20.3 Å². The third-order valence-electron chi connectivity index (χ3n) is 4.97. The predicted octanol–water partition coefficient (Wildman–Crippen LogP) is 3.61. The number of anilines is 2. The number of amides is 3. The Labute approximate surface area is 182 Å². The number of benzene rings is 2. The minimum absolute atomic E-state index is 0.0176. The molecule has 0 aromatic heterocycles. The lowest BCUT2D eigenvalue weighted by molar-refractivity contribution is -0.122. The molecule has 164 valence electrons. The Balaban J connectivity index is 1.67. The second kappa shape index (κ2) is 10.1. The molecule has 1 atom stereocenters. The Kier molecular flexibility index (Phi) is 7.28. The fraction of sp³-hybridized carbons (Fsp3) is 0.375. The van der Waals surface area contributed by atoms with Gasteiger partial charge in [0.15, 0.2) is 0 Å². The largest absolute Gasteiger partial charge is 0.494 e. The van der Waals surface area contributed by atoms with E-state index >= 15 is 0 Å². The van der Waals surface area contributed by atoms with Gasteiger partial charge in [0.05, 0.1) is 23.8 Å². The van der Waals surface area contributed by atoms with Gasteiger partial charge < -0.3 is 20.3 Å². The average molecular weight is 424 g/mol. The van der Waals surface area contributed by atoms with Crippen molar-refractivity contribution in [3.8, 4) is 5.75 Å². The summed E-state index contributed by atoms with van der Waals surface area (Å²) >= 11 is 0. The van der Waals surface area contributed by atoms with Crippen LogP contribution in [-0.4, -0.2) is 36.9 Å². The summed E-state index contributed by atoms with van der Waals surface area (Å²) in [6, 6.07) is 14.2. The maximum atomic E-state index is 12.9. The van der Waals surface area contributed by atoms with Gasteiger partial charge in [0.25, 0.3) is 5.91 Å². The van der Waals surface area contributed by atoms with E-state index in [0.717, 1.165) is 17.9 Å². The van der Waals surface area contributed by atoms with E-state index in [1.807, 2.05) is 45.0 Å². The Bertz CT molecular complexity index is 940. The molecule has 3 amide bonds. The van der Waals surface area contributed by atoms with Crippen LogP contribution in [0, 0.1) is 5.92 Å². The van der Waals surface area contributed by atoms with Crippen molar-refractivity contribution in [1.82, 2.24) is 5.32 Å². The molecule has 0 radical (unpaired) electrons. The summed E-state index contributed by atoms with van der Waals surface area (Å²) in [4.78, 5) is 39.5. The maximum absolute atomic E-state index is 12.9. The van der Waals surface area contributed by atoms with Gasteiger partial charge in [0.2, 0.25) is 11.8 Å². The number of hydrogen-bond donors (Lipinski definition) is 2. The zero-order chi connectivity index (χ0) is 22.4. The van der Waals surface area contributed by atoms with Crippen LogP contribution in [-0.2, 0) is 9.59 Å². The monoisotopic (exact) mass is 423 g/mol. The second-order valence-corrected chi connectivity index (χ2v) is 7.91. The van der Waals surface area contributed by atoms with Crippen LogP contribution in [0.3, 0.4) is 0 Å². The predicted molar refractivity (Wildman–Crippen MR) is 120 cm³/mol. The lowest BCUT2D eigenvalue weighted by atomic mass is 10.1. The first kappa shape index (κ1) is 22.3. The fourth-order valence-electron chi connectivity index (χ4n) is 3.44. The number of carbonyl (C=O) groups is 3. The lowest BCUT2D eigenvalue weighted by Crippen LogP contribution is -2.32. The molecule has 3 rings (SSSR count). The summed E-state index contributed by atoms with van der Waals surface area (Å²) in [5, 5.41) is 5.67. The van der Waals surface area contributed by atoms with E-state index in [1.54, 1.807) is 29.2 Å². The number of ether oxygens (including phenoxy) is 1. The molecule has 1 saturated heterocycles. The lowest BCUT2D eigenvalue weighted by Gasteiger charge is -2.18. The van der Waals surface area contributed by atoms with Crippen LogP contribution in [0.4, 0.5) is 11.4 Å². The molecule has 31 heavy (non-hydrogen) atoms. The summed E-state index contributed by atoms with van der Waals surface area (Å²) < 4.78 is 5.58. The summed E-state index contributed by atoms with van der Waals surface area (Å²) in [5.74, 6) is -0.371. The number of nitrogens with zero attached hydrogens (tertiary/aromatic N) is 1. The van der Waals surface area contributed by atoms with E-state index in [9.17, 15) is 14.4 Å². The molecule has 1 fully saturated rings. The van der Waals surface area contributed by atoms with Gasteiger partial charge in [-0.25, -0.2) is 0 Å². The highest BCUT2D eigenvalue weighted by Gasteiger charge is 2.35. The number of rotatable bonds is 8. The first-order valence-electron chi connectivity index (χ1n) is 10.6. The average Bonchev–Trinajstić information content (AvgIpc) is 3.14. The fourth-order valence-corrected chi connectivity index (χ4v) is 3.44. The third kappa shape index (κ3) is 5.63. The van der Waals surface area contributed by atoms with Crippen molar-refractivity contribution in [2.24, 2.45) is 5.92 Å². The molecule has 0 aliphatic carbocycles. The Morgan fingerprint density at radius 2 is 1.84 bits per heavy atom. The van der Waals surface area contributed by atoms with Crippen molar-refractivity contribution in [1.29, 1.82) is 0 Å². The Morgan fingerprint density at radius 1 is 1.13 bits per heavy atom. The van der Waals surface area contributed by atoms with E-state index in [0.29, 0.717) is 24.4 Å². The maximum Gasteiger partial charge on any atom is 0.253 e. The van der Waals surface area contributed by atoms with Gasteiger partial charge in [-0.1, -0.05) is 19.1 Å². The molecular formula is C24H29N3O4. The molecule has 0 bridgehead atoms. The van der Waals surface area contributed by atoms with Gasteiger partial charge in [-0.3, -0.25) is 14.4 Å². The van der Waals surface area contributed by atoms with Crippen molar-refractivity contribution in [2.75, 3.05) is 23.4 Å². The van der Waals surface area contributed by atoms with Crippen molar-refractivity contribution < 1.29 is 19.1 Å². The van der Waals surface area contributed by atoms with Gasteiger partial charge >= 0.3 is 0 Å². The number of nitrogens with one attached hydrogen (secondary N) is 2. The zero-order valence-corrected chi connectivity index (χ0v) is 18.2. The second-order valence-electron chi connectivity index (χ2n) is 7.91. The van der Waals surface area contributed by atoms with Gasteiger partial charge in [0.1, 0.15) is 5.75 Å². The van der Waals surface area contributed by atoms with E-state index in [-0.39, 0.29) is 30.2 Å². The van der Waals surface area contributed by atoms with Crippen molar-refractivity contribution >= 4 is 29.1 Å². The first-order chi connectivity index (χ1) is 14.9.